The molecule has 0 unspecified atom stereocenters. The number of nitrogens with one attached hydrogen (secondary N) is 1. The molecule has 1 N–H and O–H groups in total. The molecule has 0 saturated carbocycles. The van der Waals surface area contributed by atoms with Crippen LogP contribution in [0.15, 0.2) is 54.1 Å². The van der Waals surface area contributed by atoms with Crippen LogP contribution < -0.4 is 5.32 Å². The van der Waals surface area contributed by atoms with E-state index in [1.807, 2.05) is 42.5 Å². The van der Waals surface area contributed by atoms with E-state index in [0.717, 1.165) is 34.9 Å². The summed E-state index contributed by atoms with van der Waals surface area (Å²) < 4.78 is 0. The number of rotatable bonds is 4. The second-order valence-electron chi connectivity index (χ2n) is 4.53. The summed E-state index contributed by atoms with van der Waals surface area (Å²) in [7, 11) is 0. The molecule has 0 aliphatic heterocycles. The highest BCUT2D eigenvalue weighted by atomic mass is 16.1. The molecule has 0 fully saturated rings. The fraction of sp³-hybridized carbons (Fsp3) is 0.235. The van der Waals surface area contributed by atoms with E-state index in [0.29, 0.717) is 0 Å². The fourth-order valence-corrected chi connectivity index (χ4v) is 2.14. The summed E-state index contributed by atoms with van der Waals surface area (Å²) in [6.07, 6.45) is 3.54. The third kappa shape index (κ3) is 3.22. The maximum atomic E-state index is 12.0. The minimum Gasteiger partial charge on any atom is -0.322 e. The zero-order valence-electron chi connectivity index (χ0n) is 11.4. The molecule has 19 heavy (non-hydrogen) atoms. The van der Waals surface area contributed by atoms with E-state index < -0.39 is 0 Å². The first kappa shape index (κ1) is 13.3. The molecular formula is C17H19NO. The zero-order valence-corrected chi connectivity index (χ0v) is 11.4. The molecule has 0 atom stereocenters. The predicted octanol–water partition coefficient (Wildman–Crippen LogP) is 4.52. The number of anilines is 1. The van der Waals surface area contributed by atoms with Crippen molar-refractivity contribution in [3.63, 3.8) is 0 Å². The quantitative estimate of drug-likeness (QED) is 0.797. The first-order valence-corrected chi connectivity index (χ1v) is 6.72. The van der Waals surface area contributed by atoms with E-state index in [1.54, 1.807) is 6.08 Å². The highest BCUT2D eigenvalue weighted by molar-refractivity contribution is 6.06. The summed E-state index contributed by atoms with van der Waals surface area (Å²) in [6, 6.07) is 14.0. The topological polar surface area (TPSA) is 29.1 Å². The molecule has 1 amide bonds. The minimum atomic E-state index is -0.0462. The summed E-state index contributed by atoms with van der Waals surface area (Å²) in [5, 5.41) is 5.17. The number of allylic oxidation sites excluding steroid dienone is 1. The van der Waals surface area contributed by atoms with Crippen LogP contribution in [0.4, 0.5) is 5.69 Å². The van der Waals surface area contributed by atoms with Gasteiger partial charge in [0.1, 0.15) is 0 Å². The van der Waals surface area contributed by atoms with Crippen LogP contribution in [0.2, 0.25) is 0 Å². The SMILES string of the molecule is CCC(=CC(=O)Nc1cccc2ccccc12)CC. The Labute approximate surface area is 114 Å². The van der Waals surface area contributed by atoms with Gasteiger partial charge in [-0.1, -0.05) is 55.8 Å². The smallest absolute Gasteiger partial charge is 0.248 e. The Morgan fingerprint density at radius 3 is 2.47 bits per heavy atom. The first-order valence-electron chi connectivity index (χ1n) is 6.72. The number of hydrogen-bond acceptors (Lipinski definition) is 1. The minimum absolute atomic E-state index is 0.0462. The van der Waals surface area contributed by atoms with Crippen LogP contribution in [-0.4, -0.2) is 5.91 Å². The van der Waals surface area contributed by atoms with Crippen molar-refractivity contribution in [2.45, 2.75) is 26.7 Å². The molecule has 0 spiro atoms. The predicted molar refractivity (Wildman–Crippen MR) is 81.2 cm³/mol. The van der Waals surface area contributed by atoms with Crippen LogP contribution >= 0.6 is 0 Å². The number of amides is 1. The lowest BCUT2D eigenvalue weighted by Crippen LogP contribution is -2.09. The number of fused-ring (bicyclic) bond motifs is 1. The summed E-state index contributed by atoms with van der Waals surface area (Å²) in [6.45, 7) is 4.14. The van der Waals surface area contributed by atoms with Crippen molar-refractivity contribution in [2.24, 2.45) is 0 Å². The van der Waals surface area contributed by atoms with Gasteiger partial charge in [0.15, 0.2) is 0 Å². The monoisotopic (exact) mass is 253 g/mol. The molecule has 2 rings (SSSR count). The highest BCUT2D eigenvalue weighted by Gasteiger charge is 2.04. The molecular weight excluding hydrogens is 234 g/mol. The van der Waals surface area contributed by atoms with Gasteiger partial charge in [-0.05, 0) is 24.3 Å². The Morgan fingerprint density at radius 2 is 1.74 bits per heavy atom. The molecule has 0 radical (unpaired) electrons. The maximum absolute atomic E-state index is 12.0. The standard InChI is InChI=1S/C17H19NO/c1-3-13(4-2)12-17(19)18-16-11-7-9-14-8-5-6-10-15(14)16/h5-12H,3-4H2,1-2H3,(H,18,19). The molecule has 0 aromatic heterocycles. The molecule has 0 heterocycles. The number of carbonyl (C=O) groups excluding carboxylic acids is 1. The van der Waals surface area contributed by atoms with Gasteiger partial charge < -0.3 is 5.32 Å². The number of benzene rings is 2. The second-order valence-corrected chi connectivity index (χ2v) is 4.53. The molecule has 98 valence electrons. The molecule has 2 nitrogen and oxygen atoms in total. The lowest BCUT2D eigenvalue weighted by atomic mass is 10.1. The third-order valence-corrected chi connectivity index (χ3v) is 3.29. The van der Waals surface area contributed by atoms with Crippen molar-refractivity contribution in [3.8, 4) is 0 Å². The molecule has 0 aliphatic rings. The van der Waals surface area contributed by atoms with Crippen LogP contribution in [0.25, 0.3) is 10.8 Å². The maximum Gasteiger partial charge on any atom is 0.248 e. The largest absolute Gasteiger partial charge is 0.322 e. The Balaban J connectivity index is 2.27. The molecule has 2 aromatic carbocycles. The van der Waals surface area contributed by atoms with Gasteiger partial charge in [-0.2, -0.15) is 0 Å². The highest BCUT2D eigenvalue weighted by Crippen LogP contribution is 2.23. The van der Waals surface area contributed by atoms with Crippen LogP contribution in [-0.2, 0) is 4.79 Å². The summed E-state index contributed by atoms with van der Waals surface area (Å²) in [5.74, 6) is -0.0462. The van der Waals surface area contributed by atoms with Crippen LogP contribution in [0.1, 0.15) is 26.7 Å². The molecule has 0 saturated heterocycles. The average Bonchev–Trinajstić information content (AvgIpc) is 2.45. The van der Waals surface area contributed by atoms with Gasteiger partial charge in [0.25, 0.3) is 0 Å². The van der Waals surface area contributed by atoms with E-state index in [1.165, 1.54) is 0 Å². The van der Waals surface area contributed by atoms with E-state index >= 15 is 0 Å². The van der Waals surface area contributed by atoms with Gasteiger partial charge >= 0.3 is 0 Å². The van der Waals surface area contributed by atoms with E-state index in [2.05, 4.69) is 19.2 Å². The van der Waals surface area contributed by atoms with Crippen LogP contribution in [0.5, 0.6) is 0 Å². The van der Waals surface area contributed by atoms with E-state index in [4.69, 9.17) is 0 Å². The summed E-state index contributed by atoms with van der Waals surface area (Å²) >= 11 is 0. The van der Waals surface area contributed by atoms with Gasteiger partial charge in [-0.15, -0.1) is 0 Å². The zero-order chi connectivity index (χ0) is 13.7. The lowest BCUT2D eigenvalue weighted by molar-refractivity contribution is -0.112. The summed E-state index contributed by atoms with van der Waals surface area (Å²) in [5.41, 5.74) is 2.03. The first-order chi connectivity index (χ1) is 9.24. The van der Waals surface area contributed by atoms with Gasteiger partial charge in [0, 0.05) is 17.1 Å². The average molecular weight is 253 g/mol. The third-order valence-electron chi connectivity index (χ3n) is 3.29. The lowest BCUT2D eigenvalue weighted by Gasteiger charge is -2.07. The van der Waals surface area contributed by atoms with Gasteiger partial charge in [-0.25, -0.2) is 0 Å². The number of hydrogen-bond donors (Lipinski definition) is 1. The Hall–Kier alpha value is -2.09. The normalized spacial score (nSPS) is 10.2. The van der Waals surface area contributed by atoms with Gasteiger partial charge in [0.05, 0.1) is 0 Å². The summed E-state index contributed by atoms with van der Waals surface area (Å²) in [4.78, 5) is 12.0. The van der Waals surface area contributed by atoms with E-state index in [9.17, 15) is 4.79 Å². The van der Waals surface area contributed by atoms with Crippen molar-refractivity contribution < 1.29 is 4.79 Å². The molecule has 0 bridgehead atoms. The van der Waals surface area contributed by atoms with Crippen molar-refractivity contribution in [3.05, 3.63) is 54.1 Å². The molecule has 2 heteroatoms. The Kier molecular flexibility index (Phi) is 4.35. The van der Waals surface area contributed by atoms with Crippen molar-refractivity contribution >= 4 is 22.4 Å². The Morgan fingerprint density at radius 1 is 1.05 bits per heavy atom. The van der Waals surface area contributed by atoms with Crippen molar-refractivity contribution in [1.82, 2.24) is 0 Å². The Bertz CT molecular complexity index is 602. The van der Waals surface area contributed by atoms with Crippen LogP contribution in [0.3, 0.4) is 0 Å². The fourth-order valence-electron chi connectivity index (χ4n) is 2.14. The van der Waals surface area contributed by atoms with E-state index in [-0.39, 0.29) is 5.91 Å². The molecule has 2 aromatic rings. The molecule has 0 aliphatic carbocycles. The van der Waals surface area contributed by atoms with Crippen molar-refractivity contribution in [1.29, 1.82) is 0 Å². The van der Waals surface area contributed by atoms with Gasteiger partial charge in [-0.3, -0.25) is 4.79 Å². The van der Waals surface area contributed by atoms with Crippen molar-refractivity contribution in [2.75, 3.05) is 5.32 Å². The van der Waals surface area contributed by atoms with Gasteiger partial charge in [0.2, 0.25) is 5.91 Å². The number of carbonyl (C=O) groups is 1. The second kappa shape index (κ2) is 6.19. The van der Waals surface area contributed by atoms with Crippen LogP contribution in [0, 0.1) is 0 Å².